The largest absolute Gasteiger partial charge is 0.488 e. The predicted molar refractivity (Wildman–Crippen MR) is 79.2 cm³/mol. The van der Waals surface area contributed by atoms with Crippen molar-refractivity contribution in [3.63, 3.8) is 0 Å². The Morgan fingerprint density at radius 1 is 1.45 bits per heavy atom. The molecule has 0 saturated carbocycles. The number of aryl methyl sites for hydroxylation is 1. The third-order valence-corrected chi connectivity index (χ3v) is 3.77. The van der Waals surface area contributed by atoms with E-state index in [2.05, 4.69) is 5.10 Å². The maximum Gasteiger partial charge on any atom is 0.272 e. The number of carbonyl (C=O) groups excluding carboxylic acids is 1. The lowest BCUT2D eigenvalue weighted by Crippen LogP contribution is -2.32. The van der Waals surface area contributed by atoms with Gasteiger partial charge >= 0.3 is 0 Å². The number of amides is 1. The van der Waals surface area contributed by atoms with Gasteiger partial charge in [-0.1, -0.05) is 6.07 Å². The lowest BCUT2D eigenvalue weighted by Gasteiger charge is -2.17. The van der Waals surface area contributed by atoms with Gasteiger partial charge in [-0.2, -0.15) is 5.10 Å². The number of carbonyl (C=O) groups is 1. The molecule has 1 aromatic carbocycles. The first kappa shape index (κ1) is 14.6. The van der Waals surface area contributed by atoms with E-state index in [1.165, 1.54) is 12.1 Å². The van der Waals surface area contributed by atoms with Gasteiger partial charge in [0.15, 0.2) is 0 Å². The fourth-order valence-electron chi connectivity index (χ4n) is 2.67. The number of aromatic nitrogens is 2. The van der Waals surface area contributed by atoms with E-state index in [1.807, 2.05) is 6.92 Å². The van der Waals surface area contributed by atoms with Crippen molar-refractivity contribution in [1.29, 1.82) is 0 Å². The van der Waals surface area contributed by atoms with Gasteiger partial charge in [0.1, 0.15) is 23.4 Å². The molecule has 6 heteroatoms. The van der Waals surface area contributed by atoms with Crippen LogP contribution >= 0.6 is 0 Å². The molecule has 1 atom stereocenters. The Labute approximate surface area is 128 Å². The molecule has 0 aliphatic carbocycles. The number of rotatable bonds is 4. The summed E-state index contributed by atoms with van der Waals surface area (Å²) in [6.45, 7) is 3.74. The van der Waals surface area contributed by atoms with Crippen molar-refractivity contribution in [2.24, 2.45) is 0 Å². The summed E-state index contributed by atoms with van der Waals surface area (Å²) >= 11 is 0. The minimum atomic E-state index is -0.324. The average molecular weight is 303 g/mol. The Kier molecular flexibility index (Phi) is 4.09. The number of benzene rings is 1. The molecule has 0 spiro atoms. The van der Waals surface area contributed by atoms with Gasteiger partial charge < -0.3 is 9.64 Å². The molecular formula is C16H18FN3O2. The Balaban J connectivity index is 1.63. The summed E-state index contributed by atoms with van der Waals surface area (Å²) in [5.41, 5.74) is 0.592. The zero-order chi connectivity index (χ0) is 15.5. The van der Waals surface area contributed by atoms with E-state index in [1.54, 1.807) is 34.0 Å². The van der Waals surface area contributed by atoms with Crippen LogP contribution in [0.3, 0.4) is 0 Å². The highest BCUT2D eigenvalue weighted by Crippen LogP contribution is 2.20. The maximum atomic E-state index is 13.2. The van der Waals surface area contributed by atoms with Crippen molar-refractivity contribution in [2.45, 2.75) is 26.0 Å². The number of ether oxygens (including phenoxy) is 1. The summed E-state index contributed by atoms with van der Waals surface area (Å²) in [6, 6.07) is 7.80. The van der Waals surface area contributed by atoms with Crippen LogP contribution < -0.4 is 4.74 Å². The molecular weight excluding hydrogens is 285 g/mol. The molecule has 0 radical (unpaired) electrons. The molecule has 1 saturated heterocycles. The van der Waals surface area contributed by atoms with Crippen LogP contribution in [-0.2, 0) is 6.54 Å². The second-order valence-corrected chi connectivity index (χ2v) is 5.27. The molecule has 1 aromatic heterocycles. The number of likely N-dealkylation sites (tertiary alicyclic amines) is 1. The highest BCUT2D eigenvalue weighted by molar-refractivity contribution is 5.92. The van der Waals surface area contributed by atoms with E-state index in [0.29, 0.717) is 31.1 Å². The Hall–Kier alpha value is -2.37. The summed E-state index contributed by atoms with van der Waals surface area (Å²) < 4.78 is 20.6. The first-order valence-electron chi connectivity index (χ1n) is 7.40. The normalized spacial score (nSPS) is 17.7. The molecule has 2 aromatic rings. The Morgan fingerprint density at radius 2 is 2.32 bits per heavy atom. The lowest BCUT2D eigenvalue weighted by molar-refractivity contribution is 0.0760. The van der Waals surface area contributed by atoms with Crippen molar-refractivity contribution >= 4 is 5.91 Å². The molecule has 1 aliphatic heterocycles. The van der Waals surface area contributed by atoms with E-state index in [0.717, 1.165) is 6.42 Å². The smallest absolute Gasteiger partial charge is 0.272 e. The standard InChI is InChI=1S/C16H18FN3O2/c1-2-20-15(6-8-18-20)16(21)19-9-7-14(11-19)22-13-5-3-4-12(17)10-13/h3-6,8,10,14H,2,7,9,11H2,1H3. The van der Waals surface area contributed by atoms with Gasteiger partial charge in [-0.25, -0.2) is 4.39 Å². The maximum absolute atomic E-state index is 13.2. The number of hydrogen-bond acceptors (Lipinski definition) is 3. The van der Waals surface area contributed by atoms with Crippen LogP contribution in [0.5, 0.6) is 5.75 Å². The minimum absolute atomic E-state index is 0.0373. The molecule has 1 amide bonds. The summed E-state index contributed by atoms with van der Waals surface area (Å²) in [5.74, 6) is 0.137. The highest BCUT2D eigenvalue weighted by Gasteiger charge is 2.29. The number of halogens is 1. The molecule has 3 rings (SSSR count). The van der Waals surface area contributed by atoms with Crippen molar-refractivity contribution < 1.29 is 13.9 Å². The third-order valence-electron chi connectivity index (χ3n) is 3.77. The third kappa shape index (κ3) is 2.95. The monoisotopic (exact) mass is 303 g/mol. The van der Waals surface area contributed by atoms with Gasteiger partial charge in [0.2, 0.25) is 0 Å². The SMILES string of the molecule is CCn1nccc1C(=O)N1CCC(Oc2cccc(F)c2)C1. The fraction of sp³-hybridized carbons (Fsp3) is 0.375. The molecule has 1 unspecified atom stereocenters. The van der Waals surface area contributed by atoms with Gasteiger partial charge in [-0.05, 0) is 25.1 Å². The first-order valence-corrected chi connectivity index (χ1v) is 7.40. The van der Waals surface area contributed by atoms with Crippen LogP contribution in [0.1, 0.15) is 23.8 Å². The summed E-state index contributed by atoms with van der Waals surface area (Å²) in [4.78, 5) is 14.2. The van der Waals surface area contributed by atoms with Crippen molar-refractivity contribution in [3.8, 4) is 5.75 Å². The van der Waals surface area contributed by atoms with Crippen molar-refractivity contribution in [2.75, 3.05) is 13.1 Å². The molecule has 5 nitrogen and oxygen atoms in total. The predicted octanol–water partition coefficient (Wildman–Crippen LogP) is 2.34. The molecule has 22 heavy (non-hydrogen) atoms. The summed E-state index contributed by atoms with van der Waals surface area (Å²) in [7, 11) is 0. The van der Waals surface area contributed by atoms with Gasteiger partial charge in [0.25, 0.3) is 5.91 Å². The van der Waals surface area contributed by atoms with Crippen molar-refractivity contribution in [3.05, 3.63) is 48.0 Å². The average Bonchev–Trinajstić information content (AvgIpc) is 3.15. The molecule has 2 heterocycles. The van der Waals surface area contributed by atoms with Crippen LogP contribution in [0.4, 0.5) is 4.39 Å². The van der Waals surface area contributed by atoms with E-state index in [9.17, 15) is 9.18 Å². The van der Waals surface area contributed by atoms with Crippen molar-refractivity contribution in [1.82, 2.24) is 14.7 Å². The minimum Gasteiger partial charge on any atom is -0.488 e. The lowest BCUT2D eigenvalue weighted by atomic mass is 10.3. The topological polar surface area (TPSA) is 47.4 Å². The van der Waals surface area contributed by atoms with Crippen LogP contribution in [0, 0.1) is 5.82 Å². The molecule has 0 N–H and O–H groups in total. The number of hydrogen-bond donors (Lipinski definition) is 0. The van der Waals surface area contributed by atoms with Crippen LogP contribution in [0.15, 0.2) is 36.5 Å². The molecule has 116 valence electrons. The second-order valence-electron chi connectivity index (χ2n) is 5.27. The molecule has 0 bridgehead atoms. The fourth-order valence-corrected chi connectivity index (χ4v) is 2.67. The Bertz CT molecular complexity index is 671. The zero-order valence-electron chi connectivity index (χ0n) is 12.4. The molecule has 1 aliphatic rings. The highest BCUT2D eigenvalue weighted by atomic mass is 19.1. The van der Waals surface area contributed by atoms with Gasteiger partial charge in [-0.3, -0.25) is 9.48 Å². The van der Waals surface area contributed by atoms with Gasteiger partial charge in [-0.15, -0.1) is 0 Å². The second kappa shape index (κ2) is 6.17. The number of nitrogens with zero attached hydrogens (tertiary/aromatic N) is 3. The summed E-state index contributed by atoms with van der Waals surface area (Å²) in [6.07, 6.45) is 2.26. The van der Waals surface area contributed by atoms with Gasteiger partial charge in [0.05, 0.1) is 6.54 Å². The van der Waals surface area contributed by atoms with E-state index < -0.39 is 0 Å². The first-order chi connectivity index (χ1) is 10.7. The summed E-state index contributed by atoms with van der Waals surface area (Å²) in [5, 5.41) is 4.12. The van der Waals surface area contributed by atoms with E-state index in [4.69, 9.17) is 4.74 Å². The Morgan fingerprint density at radius 3 is 3.09 bits per heavy atom. The van der Waals surface area contributed by atoms with Gasteiger partial charge in [0, 0.05) is 31.8 Å². The molecule has 1 fully saturated rings. The quantitative estimate of drug-likeness (QED) is 0.871. The van der Waals surface area contributed by atoms with Crippen LogP contribution in [0.2, 0.25) is 0 Å². The zero-order valence-corrected chi connectivity index (χ0v) is 12.4. The van der Waals surface area contributed by atoms with E-state index in [-0.39, 0.29) is 17.8 Å². The van der Waals surface area contributed by atoms with Crippen LogP contribution in [-0.4, -0.2) is 39.8 Å². The van der Waals surface area contributed by atoms with E-state index >= 15 is 0 Å². The van der Waals surface area contributed by atoms with Crippen LogP contribution in [0.25, 0.3) is 0 Å².